The van der Waals surface area contributed by atoms with Crippen molar-refractivity contribution >= 4 is 14.5 Å². The van der Waals surface area contributed by atoms with Crippen LogP contribution < -0.4 is 4.90 Å². The topological polar surface area (TPSA) is 34.2 Å². The van der Waals surface area contributed by atoms with Crippen molar-refractivity contribution in [1.29, 1.82) is 0 Å². The van der Waals surface area contributed by atoms with Gasteiger partial charge < -0.3 is 23.1 Å². The Bertz CT molecular complexity index is 626. The summed E-state index contributed by atoms with van der Waals surface area (Å²) >= 11 is 0. The first kappa shape index (κ1) is 22.9. The molecule has 0 spiro atoms. The van der Waals surface area contributed by atoms with Crippen molar-refractivity contribution in [3.05, 3.63) is 41.7 Å². The van der Waals surface area contributed by atoms with Gasteiger partial charge in [0.1, 0.15) is 0 Å². The van der Waals surface area contributed by atoms with Crippen LogP contribution in [0.5, 0.6) is 0 Å². The number of aryl methyl sites for hydroxylation is 2. The molecule has 1 unspecified atom stereocenters. The summed E-state index contributed by atoms with van der Waals surface area (Å²) in [6, 6.07) is 6.98. The first-order valence-corrected chi connectivity index (χ1v) is 12.3. The minimum absolute atomic E-state index is 0.249. The second-order valence-electron chi connectivity index (χ2n) is 7.59. The largest absolute Gasteiger partial charge is 0.503 e. The normalized spacial score (nSPS) is 15.5. The van der Waals surface area contributed by atoms with Crippen LogP contribution in [0, 0.1) is 0 Å². The van der Waals surface area contributed by atoms with E-state index in [9.17, 15) is 0 Å². The number of rotatable bonds is 12. The molecule has 28 heavy (non-hydrogen) atoms. The van der Waals surface area contributed by atoms with Gasteiger partial charge >= 0.3 is 8.80 Å². The number of nitrogens with zero attached hydrogens (tertiary/aromatic N) is 2. The van der Waals surface area contributed by atoms with E-state index in [1.165, 1.54) is 29.7 Å². The molecule has 6 heteroatoms. The molecule has 1 aromatic carbocycles. The third-order valence-corrected chi connectivity index (χ3v) is 8.81. The van der Waals surface area contributed by atoms with Crippen molar-refractivity contribution in [3.8, 4) is 0 Å². The van der Waals surface area contributed by atoms with Gasteiger partial charge in [0, 0.05) is 51.5 Å². The first-order valence-electron chi connectivity index (χ1n) is 10.5. The standard InChI is InChI=1S/C22H38N2O3Si/c1-7-9-20-11-12-22(21(17-20)10-8-2)24-16-15-23(18-24)14-13-19(3)28(25-4,26-5)27-6/h11-12,15-17,19H,7-10,13-14,18H2,1-6H3. The summed E-state index contributed by atoms with van der Waals surface area (Å²) < 4.78 is 16.9. The second kappa shape index (κ2) is 11.0. The average Bonchev–Trinajstić information content (AvgIpc) is 3.18. The highest BCUT2D eigenvalue weighted by Crippen LogP contribution is 2.30. The van der Waals surface area contributed by atoms with E-state index in [2.05, 4.69) is 61.2 Å². The zero-order valence-electron chi connectivity index (χ0n) is 18.5. The highest BCUT2D eigenvalue weighted by atomic mass is 28.4. The SMILES string of the molecule is CCCc1ccc(N2C=CN(CCC(C)[Si](OC)(OC)OC)C2)c(CCC)c1. The quantitative estimate of drug-likeness (QED) is 0.466. The fourth-order valence-electron chi connectivity index (χ4n) is 3.99. The number of hydrogen-bond donors (Lipinski definition) is 0. The third kappa shape index (κ3) is 5.38. The van der Waals surface area contributed by atoms with Crippen molar-refractivity contribution in [2.45, 2.75) is 58.4 Å². The molecule has 0 amide bonds. The second-order valence-corrected chi connectivity index (χ2v) is 11.0. The summed E-state index contributed by atoms with van der Waals surface area (Å²) in [4.78, 5) is 4.71. The molecular weight excluding hydrogens is 368 g/mol. The number of anilines is 1. The van der Waals surface area contributed by atoms with Crippen LogP contribution in [0.25, 0.3) is 0 Å². The smallest absolute Gasteiger partial charge is 0.377 e. The fraction of sp³-hybridized carbons (Fsp3) is 0.636. The Hall–Kier alpha value is -1.34. The summed E-state index contributed by atoms with van der Waals surface area (Å²) in [5.74, 6) is 0. The van der Waals surface area contributed by atoms with Gasteiger partial charge in [-0.1, -0.05) is 45.7 Å². The molecule has 0 saturated heterocycles. The predicted molar refractivity (Wildman–Crippen MR) is 118 cm³/mol. The summed E-state index contributed by atoms with van der Waals surface area (Å²) in [7, 11) is 2.48. The molecule has 0 aliphatic carbocycles. The van der Waals surface area contributed by atoms with Gasteiger partial charge in [-0.15, -0.1) is 0 Å². The van der Waals surface area contributed by atoms with Crippen molar-refractivity contribution in [3.63, 3.8) is 0 Å². The van der Waals surface area contributed by atoms with Gasteiger partial charge in [0.15, 0.2) is 0 Å². The van der Waals surface area contributed by atoms with Crippen molar-refractivity contribution < 1.29 is 13.3 Å². The lowest BCUT2D eigenvalue weighted by atomic mass is 10.0. The predicted octanol–water partition coefficient (Wildman–Crippen LogP) is 4.80. The Balaban J connectivity index is 1.99. The van der Waals surface area contributed by atoms with Gasteiger partial charge in [0.25, 0.3) is 0 Å². The van der Waals surface area contributed by atoms with Gasteiger partial charge in [-0.3, -0.25) is 0 Å². The van der Waals surface area contributed by atoms with Gasteiger partial charge in [-0.2, -0.15) is 0 Å². The Morgan fingerprint density at radius 2 is 1.68 bits per heavy atom. The Morgan fingerprint density at radius 3 is 2.29 bits per heavy atom. The third-order valence-electron chi connectivity index (χ3n) is 5.61. The lowest BCUT2D eigenvalue weighted by molar-refractivity contribution is 0.110. The average molecular weight is 407 g/mol. The Labute approximate surface area is 172 Å². The van der Waals surface area contributed by atoms with Crippen LogP contribution in [-0.4, -0.2) is 48.2 Å². The molecule has 2 rings (SSSR count). The van der Waals surface area contributed by atoms with E-state index in [4.69, 9.17) is 13.3 Å². The van der Waals surface area contributed by atoms with Crippen molar-refractivity contribution in [2.75, 3.05) is 39.4 Å². The maximum absolute atomic E-state index is 5.62. The zero-order valence-corrected chi connectivity index (χ0v) is 19.5. The Kier molecular flexibility index (Phi) is 9.01. The lowest BCUT2D eigenvalue weighted by Crippen LogP contribution is -2.47. The highest BCUT2D eigenvalue weighted by Gasteiger charge is 2.44. The van der Waals surface area contributed by atoms with Gasteiger partial charge in [-0.05, 0) is 36.5 Å². The molecule has 0 radical (unpaired) electrons. The van der Waals surface area contributed by atoms with Crippen molar-refractivity contribution in [2.24, 2.45) is 0 Å². The number of hydrogen-bond acceptors (Lipinski definition) is 5. The first-order chi connectivity index (χ1) is 13.5. The van der Waals surface area contributed by atoms with Gasteiger partial charge in [0.05, 0.1) is 6.67 Å². The minimum Gasteiger partial charge on any atom is -0.377 e. The minimum atomic E-state index is -2.57. The molecule has 1 atom stereocenters. The van der Waals surface area contributed by atoms with Crippen LogP contribution in [0.2, 0.25) is 5.54 Å². The molecule has 1 aliphatic heterocycles. The summed E-state index contributed by atoms with van der Waals surface area (Å²) in [5, 5.41) is 0. The molecule has 0 saturated carbocycles. The van der Waals surface area contributed by atoms with Crippen LogP contribution in [0.4, 0.5) is 5.69 Å². The zero-order chi connectivity index (χ0) is 20.6. The summed E-state index contributed by atoms with van der Waals surface area (Å²) in [5.41, 5.74) is 4.49. The van der Waals surface area contributed by atoms with Gasteiger partial charge in [-0.25, -0.2) is 0 Å². The maximum Gasteiger partial charge on any atom is 0.503 e. The molecule has 0 aromatic heterocycles. The van der Waals surface area contributed by atoms with E-state index in [-0.39, 0.29) is 5.54 Å². The van der Waals surface area contributed by atoms with Crippen LogP contribution in [-0.2, 0) is 26.1 Å². The maximum atomic E-state index is 5.62. The molecule has 1 aliphatic rings. The van der Waals surface area contributed by atoms with E-state index >= 15 is 0 Å². The number of benzene rings is 1. The van der Waals surface area contributed by atoms with Crippen LogP contribution >= 0.6 is 0 Å². The Morgan fingerprint density at radius 1 is 1.00 bits per heavy atom. The van der Waals surface area contributed by atoms with Gasteiger partial charge in [0.2, 0.25) is 0 Å². The van der Waals surface area contributed by atoms with E-state index in [0.717, 1.165) is 32.5 Å². The van der Waals surface area contributed by atoms with Crippen molar-refractivity contribution in [1.82, 2.24) is 4.90 Å². The monoisotopic (exact) mass is 406 g/mol. The lowest BCUT2D eigenvalue weighted by Gasteiger charge is -2.31. The molecular formula is C22H38N2O3Si. The molecule has 5 nitrogen and oxygen atoms in total. The fourth-order valence-corrected chi connectivity index (χ4v) is 6.18. The van der Waals surface area contributed by atoms with E-state index < -0.39 is 8.80 Å². The molecule has 158 valence electrons. The molecule has 0 N–H and O–H groups in total. The van der Waals surface area contributed by atoms with E-state index in [1.54, 1.807) is 21.3 Å². The van der Waals surface area contributed by atoms with Crippen LogP contribution in [0.1, 0.15) is 51.2 Å². The molecule has 1 aromatic rings. The van der Waals surface area contributed by atoms with E-state index in [0.29, 0.717) is 0 Å². The van der Waals surface area contributed by atoms with Crippen LogP contribution in [0.3, 0.4) is 0 Å². The summed E-state index contributed by atoms with van der Waals surface area (Å²) in [6.45, 7) is 8.49. The highest BCUT2D eigenvalue weighted by molar-refractivity contribution is 6.62. The summed E-state index contributed by atoms with van der Waals surface area (Å²) in [6.07, 6.45) is 10.00. The molecule has 1 heterocycles. The molecule has 0 bridgehead atoms. The molecule has 0 fully saturated rings. The van der Waals surface area contributed by atoms with E-state index in [1.807, 2.05) is 0 Å². The van der Waals surface area contributed by atoms with Crippen LogP contribution in [0.15, 0.2) is 30.6 Å².